The van der Waals surface area contributed by atoms with Gasteiger partial charge in [-0.15, -0.1) is 0 Å². The maximum Gasteiger partial charge on any atom is 0.119 e. The number of nitrogens with one attached hydrogen (secondary N) is 1. The van der Waals surface area contributed by atoms with Crippen LogP contribution in [0.25, 0.3) is 0 Å². The summed E-state index contributed by atoms with van der Waals surface area (Å²) in [6.45, 7) is 1.09. The Morgan fingerprint density at radius 3 is 3.12 bits per heavy atom. The van der Waals surface area contributed by atoms with Gasteiger partial charge in [0.2, 0.25) is 0 Å². The number of rotatable bonds is 5. The third-order valence-electron chi connectivity index (χ3n) is 3.36. The lowest BCUT2D eigenvalue weighted by atomic mass is 9.87. The summed E-state index contributed by atoms with van der Waals surface area (Å²) in [6.07, 6.45) is 5.89. The van der Waals surface area contributed by atoms with Crippen LogP contribution in [-0.4, -0.2) is 25.7 Å². The van der Waals surface area contributed by atoms with Crippen molar-refractivity contribution in [2.75, 3.05) is 25.7 Å². The molecule has 1 atom stereocenters. The number of methoxy groups -OCH3 is 1. The zero-order chi connectivity index (χ0) is 12.1. The van der Waals surface area contributed by atoms with E-state index in [1.165, 1.54) is 36.1 Å². The lowest BCUT2D eigenvalue weighted by Crippen LogP contribution is -2.27. The Balaban J connectivity index is 2.11. The first-order chi connectivity index (χ1) is 8.35. The van der Waals surface area contributed by atoms with Crippen molar-refractivity contribution in [1.29, 1.82) is 0 Å². The molecule has 1 N–H and O–H groups in total. The van der Waals surface area contributed by atoms with Crippen molar-refractivity contribution >= 4 is 11.8 Å². The number of hydrogen-bond acceptors (Lipinski definition) is 3. The van der Waals surface area contributed by atoms with Crippen molar-refractivity contribution in [3.63, 3.8) is 0 Å². The average Bonchev–Trinajstić information content (AvgIpc) is 2.39. The van der Waals surface area contributed by atoms with Gasteiger partial charge in [0.05, 0.1) is 7.11 Å². The standard InChI is InChI=1S/C14H21NOS/c1-16-12-7-6-11-4-3-5-14(13(11)10-12)15-8-9-17-2/h6-7,10,14-15H,3-5,8-9H2,1-2H3. The molecule has 3 heteroatoms. The summed E-state index contributed by atoms with van der Waals surface area (Å²) in [5.41, 5.74) is 2.93. The number of hydrogen-bond donors (Lipinski definition) is 1. The molecule has 2 rings (SSSR count). The quantitative estimate of drug-likeness (QED) is 0.813. The van der Waals surface area contributed by atoms with Gasteiger partial charge in [-0.05, 0) is 48.8 Å². The van der Waals surface area contributed by atoms with Crippen LogP contribution in [0, 0.1) is 0 Å². The first-order valence-electron chi connectivity index (χ1n) is 6.24. The topological polar surface area (TPSA) is 21.3 Å². The molecular weight excluding hydrogens is 230 g/mol. The molecule has 17 heavy (non-hydrogen) atoms. The van der Waals surface area contributed by atoms with Crippen molar-refractivity contribution in [3.8, 4) is 5.75 Å². The molecule has 0 saturated carbocycles. The Bertz CT molecular complexity index is 367. The van der Waals surface area contributed by atoms with Gasteiger partial charge in [0.15, 0.2) is 0 Å². The molecule has 1 unspecified atom stereocenters. The Hall–Kier alpha value is -0.670. The molecule has 0 radical (unpaired) electrons. The Morgan fingerprint density at radius 1 is 1.47 bits per heavy atom. The minimum atomic E-state index is 0.515. The summed E-state index contributed by atoms with van der Waals surface area (Å²) in [5, 5.41) is 3.65. The van der Waals surface area contributed by atoms with E-state index in [1.54, 1.807) is 7.11 Å². The highest BCUT2D eigenvalue weighted by atomic mass is 32.2. The van der Waals surface area contributed by atoms with Gasteiger partial charge in [-0.3, -0.25) is 0 Å². The molecule has 1 aliphatic carbocycles. The summed E-state index contributed by atoms with van der Waals surface area (Å²) in [7, 11) is 1.74. The van der Waals surface area contributed by atoms with Crippen LogP contribution >= 0.6 is 11.8 Å². The fourth-order valence-corrected chi connectivity index (χ4v) is 2.77. The molecule has 1 aromatic rings. The van der Waals surface area contributed by atoms with E-state index in [1.807, 2.05) is 11.8 Å². The Kier molecular flexibility index (Phi) is 4.75. The molecule has 0 aliphatic heterocycles. The lowest BCUT2D eigenvalue weighted by molar-refractivity contribution is 0.409. The molecule has 1 aromatic carbocycles. The molecule has 1 aliphatic rings. The first kappa shape index (κ1) is 12.8. The third kappa shape index (κ3) is 3.17. The maximum absolute atomic E-state index is 5.32. The van der Waals surface area contributed by atoms with Crippen LogP contribution in [0.2, 0.25) is 0 Å². The van der Waals surface area contributed by atoms with Gasteiger partial charge in [-0.1, -0.05) is 6.07 Å². The molecule has 0 fully saturated rings. The van der Waals surface area contributed by atoms with E-state index >= 15 is 0 Å². The van der Waals surface area contributed by atoms with Crippen LogP contribution in [0.5, 0.6) is 5.75 Å². The van der Waals surface area contributed by atoms with Crippen LogP contribution < -0.4 is 10.1 Å². The predicted molar refractivity (Wildman–Crippen MR) is 75.1 cm³/mol. The third-order valence-corrected chi connectivity index (χ3v) is 3.98. The van der Waals surface area contributed by atoms with Crippen molar-refractivity contribution in [3.05, 3.63) is 29.3 Å². The fraction of sp³-hybridized carbons (Fsp3) is 0.571. The second kappa shape index (κ2) is 6.31. The van der Waals surface area contributed by atoms with Gasteiger partial charge in [-0.2, -0.15) is 11.8 Å². The van der Waals surface area contributed by atoms with Gasteiger partial charge in [0.1, 0.15) is 5.75 Å². The van der Waals surface area contributed by atoms with Gasteiger partial charge < -0.3 is 10.1 Å². The number of fused-ring (bicyclic) bond motifs is 1. The number of ether oxygens (including phenoxy) is 1. The minimum absolute atomic E-state index is 0.515. The Labute approximate surface area is 108 Å². The van der Waals surface area contributed by atoms with Crippen molar-refractivity contribution in [2.24, 2.45) is 0 Å². The van der Waals surface area contributed by atoms with E-state index < -0.39 is 0 Å². The molecule has 94 valence electrons. The summed E-state index contributed by atoms with van der Waals surface area (Å²) in [6, 6.07) is 7.01. The maximum atomic E-state index is 5.32. The predicted octanol–water partition coefficient (Wildman–Crippen LogP) is 3.03. The van der Waals surface area contributed by atoms with Crippen LogP contribution in [0.3, 0.4) is 0 Å². The number of benzene rings is 1. The van der Waals surface area contributed by atoms with Crippen LogP contribution in [0.4, 0.5) is 0 Å². The van der Waals surface area contributed by atoms with E-state index in [0.717, 1.165) is 12.3 Å². The molecule has 2 nitrogen and oxygen atoms in total. The lowest BCUT2D eigenvalue weighted by Gasteiger charge is -2.27. The largest absolute Gasteiger partial charge is 0.497 e. The number of aryl methyl sites for hydroxylation is 1. The minimum Gasteiger partial charge on any atom is -0.497 e. The summed E-state index contributed by atoms with van der Waals surface area (Å²) < 4.78 is 5.32. The normalized spacial score (nSPS) is 18.8. The van der Waals surface area contributed by atoms with Crippen molar-refractivity contribution in [2.45, 2.75) is 25.3 Å². The second-order valence-electron chi connectivity index (χ2n) is 4.46. The van der Waals surface area contributed by atoms with Gasteiger partial charge in [0, 0.05) is 18.3 Å². The molecule has 0 aromatic heterocycles. The smallest absolute Gasteiger partial charge is 0.119 e. The molecular formula is C14H21NOS. The van der Waals surface area contributed by atoms with Crippen molar-refractivity contribution in [1.82, 2.24) is 5.32 Å². The molecule has 0 bridgehead atoms. The average molecular weight is 251 g/mol. The number of thioether (sulfide) groups is 1. The molecule has 0 heterocycles. The van der Waals surface area contributed by atoms with Gasteiger partial charge >= 0.3 is 0 Å². The highest BCUT2D eigenvalue weighted by molar-refractivity contribution is 7.98. The van der Waals surface area contributed by atoms with E-state index in [2.05, 4.69) is 29.8 Å². The van der Waals surface area contributed by atoms with Gasteiger partial charge in [0.25, 0.3) is 0 Å². The summed E-state index contributed by atoms with van der Waals surface area (Å²) >= 11 is 1.89. The van der Waals surface area contributed by atoms with E-state index in [-0.39, 0.29) is 0 Å². The van der Waals surface area contributed by atoms with Gasteiger partial charge in [-0.25, -0.2) is 0 Å². The zero-order valence-electron chi connectivity index (χ0n) is 10.7. The molecule has 0 amide bonds. The van der Waals surface area contributed by atoms with E-state index in [0.29, 0.717) is 6.04 Å². The molecule has 0 spiro atoms. The highest BCUT2D eigenvalue weighted by Gasteiger charge is 2.19. The highest BCUT2D eigenvalue weighted by Crippen LogP contribution is 2.32. The Morgan fingerprint density at radius 2 is 2.35 bits per heavy atom. The van der Waals surface area contributed by atoms with E-state index in [4.69, 9.17) is 4.74 Å². The fourth-order valence-electron chi connectivity index (χ4n) is 2.45. The van der Waals surface area contributed by atoms with Crippen LogP contribution in [0.1, 0.15) is 30.0 Å². The van der Waals surface area contributed by atoms with Crippen LogP contribution in [0.15, 0.2) is 18.2 Å². The van der Waals surface area contributed by atoms with E-state index in [9.17, 15) is 0 Å². The van der Waals surface area contributed by atoms with Crippen molar-refractivity contribution < 1.29 is 4.74 Å². The van der Waals surface area contributed by atoms with Crippen LogP contribution in [-0.2, 0) is 6.42 Å². The summed E-state index contributed by atoms with van der Waals surface area (Å²) in [5.74, 6) is 2.15. The zero-order valence-corrected chi connectivity index (χ0v) is 11.5. The first-order valence-corrected chi connectivity index (χ1v) is 7.63. The SMILES string of the molecule is COc1ccc2c(c1)C(NCCSC)CCC2. The monoisotopic (exact) mass is 251 g/mol. The second-order valence-corrected chi connectivity index (χ2v) is 5.44. The summed E-state index contributed by atoms with van der Waals surface area (Å²) in [4.78, 5) is 0. The molecule has 0 saturated heterocycles.